The SMILES string of the molecule is CCc1cc(-c2ccc(CNCc3cc(F)cc(F)c3)s2)c(C)[nH]c1=O. The number of hydrogen-bond donors (Lipinski definition) is 2. The van der Waals surface area contributed by atoms with Gasteiger partial charge < -0.3 is 10.3 Å². The van der Waals surface area contributed by atoms with Gasteiger partial charge in [0.1, 0.15) is 11.6 Å². The van der Waals surface area contributed by atoms with Crippen LogP contribution in [0.25, 0.3) is 10.4 Å². The predicted molar refractivity (Wildman–Crippen MR) is 101 cm³/mol. The van der Waals surface area contributed by atoms with Gasteiger partial charge in [0.05, 0.1) is 0 Å². The van der Waals surface area contributed by atoms with E-state index in [1.165, 1.54) is 12.1 Å². The molecule has 0 atom stereocenters. The minimum atomic E-state index is -0.569. The molecule has 0 radical (unpaired) electrons. The van der Waals surface area contributed by atoms with E-state index in [1.807, 2.05) is 32.0 Å². The molecule has 0 unspecified atom stereocenters. The first-order valence-corrected chi connectivity index (χ1v) is 9.25. The Bertz CT molecular complexity index is 958. The fourth-order valence-corrected chi connectivity index (χ4v) is 3.90. The smallest absolute Gasteiger partial charge is 0.251 e. The van der Waals surface area contributed by atoms with Crippen LogP contribution in [0.2, 0.25) is 0 Å². The van der Waals surface area contributed by atoms with Crippen LogP contribution in [0.3, 0.4) is 0 Å². The number of aromatic amines is 1. The quantitative estimate of drug-likeness (QED) is 0.665. The molecule has 0 saturated heterocycles. The zero-order chi connectivity index (χ0) is 18.7. The number of benzene rings is 1. The van der Waals surface area contributed by atoms with Crippen molar-refractivity contribution >= 4 is 11.3 Å². The molecule has 3 aromatic rings. The Balaban J connectivity index is 1.69. The molecule has 2 heterocycles. The van der Waals surface area contributed by atoms with Crippen LogP contribution in [0.4, 0.5) is 8.78 Å². The number of aromatic nitrogens is 1. The predicted octanol–water partition coefficient (Wildman–Crippen LogP) is 4.54. The molecule has 0 spiro atoms. The highest BCUT2D eigenvalue weighted by Gasteiger charge is 2.09. The normalized spacial score (nSPS) is 11.1. The molecule has 0 aliphatic rings. The van der Waals surface area contributed by atoms with Gasteiger partial charge in [0.2, 0.25) is 0 Å². The molecule has 136 valence electrons. The Morgan fingerprint density at radius 2 is 1.81 bits per heavy atom. The Kier molecular flexibility index (Phi) is 5.64. The van der Waals surface area contributed by atoms with Crippen LogP contribution >= 0.6 is 11.3 Å². The van der Waals surface area contributed by atoms with E-state index in [0.29, 0.717) is 25.1 Å². The second-order valence-corrected chi connectivity index (χ2v) is 7.33. The van der Waals surface area contributed by atoms with Gasteiger partial charge >= 0.3 is 0 Å². The molecule has 1 aromatic carbocycles. The van der Waals surface area contributed by atoms with Crippen molar-refractivity contribution < 1.29 is 8.78 Å². The van der Waals surface area contributed by atoms with Crippen molar-refractivity contribution in [3.63, 3.8) is 0 Å². The van der Waals surface area contributed by atoms with Crippen LogP contribution in [-0.2, 0) is 19.5 Å². The minimum absolute atomic E-state index is 0.0329. The van der Waals surface area contributed by atoms with Crippen molar-refractivity contribution in [2.24, 2.45) is 0 Å². The summed E-state index contributed by atoms with van der Waals surface area (Å²) in [5.41, 5.74) is 3.19. The third-order valence-corrected chi connectivity index (χ3v) is 5.29. The van der Waals surface area contributed by atoms with Gasteiger partial charge in [0, 0.05) is 45.7 Å². The van der Waals surface area contributed by atoms with E-state index in [-0.39, 0.29) is 5.56 Å². The van der Waals surface area contributed by atoms with Gasteiger partial charge in [-0.1, -0.05) is 6.92 Å². The summed E-state index contributed by atoms with van der Waals surface area (Å²) in [6.07, 6.45) is 0.687. The molecule has 6 heteroatoms. The topological polar surface area (TPSA) is 44.9 Å². The lowest BCUT2D eigenvalue weighted by Crippen LogP contribution is -2.13. The summed E-state index contributed by atoms with van der Waals surface area (Å²) in [4.78, 5) is 17.0. The Labute approximate surface area is 154 Å². The Morgan fingerprint density at radius 3 is 2.50 bits per heavy atom. The van der Waals surface area contributed by atoms with Crippen molar-refractivity contribution in [3.05, 3.63) is 80.1 Å². The van der Waals surface area contributed by atoms with Gasteiger partial charge in [-0.15, -0.1) is 11.3 Å². The first kappa shape index (κ1) is 18.5. The number of halogens is 2. The molecule has 0 aliphatic heterocycles. The number of rotatable bonds is 6. The van der Waals surface area contributed by atoms with Crippen molar-refractivity contribution in [1.29, 1.82) is 0 Å². The molecule has 3 rings (SSSR count). The Hall–Kier alpha value is -2.31. The van der Waals surface area contributed by atoms with Crippen LogP contribution in [0.5, 0.6) is 0 Å². The number of pyridine rings is 1. The van der Waals surface area contributed by atoms with Crippen LogP contribution in [0.15, 0.2) is 41.2 Å². The molecule has 3 nitrogen and oxygen atoms in total. The standard InChI is InChI=1S/C20H20F2N2OS/c1-3-14-8-18(12(2)24-20(14)25)19-5-4-17(26-19)11-23-10-13-6-15(21)9-16(22)7-13/h4-9,23H,3,10-11H2,1-2H3,(H,24,25). The first-order valence-electron chi connectivity index (χ1n) is 8.44. The van der Waals surface area contributed by atoms with Gasteiger partial charge in [-0.25, -0.2) is 8.78 Å². The van der Waals surface area contributed by atoms with Gasteiger partial charge in [0.15, 0.2) is 0 Å². The molecule has 2 N–H and O–H groups in total. The van der Waals surface area contributed by atoms with E-state index in [0.717, 1.165) is 32.6 Å². The summed E-state index contributed by atoms with van der Waals surface area (Å²) in [7, 11) is 0. The zero-order valence-corrected chi connectivity index (χ0v) is 15.5. The summed E-state index contributed by atoms with van der Waals surface area (Å²) in [5, 5.41) is 3.20. The van der Waals surface area contributed by atoms with Crippen LogP contribution in [-0.4, -0.2) is 4.98 Å². The number of thiophene rings is 1. The average Bonchev–Trinajstić information content (AvgIpc) is 3.03. The molecule has 26 heavy (non-hydrogen) atoms. The molecular weight excluding hydrogens is 354 g/mol. The maximum Gasteiger partial charge on any atom is 0.251 e. The highest BCUT2D eigenvalue weighted by Crippen LogP contribution is 2.30. The van der Waals surface area contributed by atoms with Crippen LogP contribution in [0.1, 0.15) is 28.6 Å². The van der Waals surface area contributed by atoms with Gasteiger partial charge in [-0.05, 0) is 49.2 Å². The van der Waals surface area contributed by atoms with E-state index in [4.69, 9.17) is 0 Å². The molecule has 0 bridgehead atoms. The number of nitrogens with one attached hydrogen (secondary N) is 2. The van der Waals surface area contributed by atoms with Crippen molar-refractivity contribution in [1.82, 2.24) is 10.3 Å². The third-order valence-electron chi connectivity index (χ3n) is 4.17. The zero-order valence-electron chi connectivity index (χ0n) is 14.7. The fraction of sp³-hybridized carbons (Fsp3) is 0.250. The second-order valence-electron chi connectivity index (χ2n) is 6.16. The first-order chi connectivity index (χ1) is 12.5. The van der Waals surface area contributed by atoms with Gasteiger partial charge in [-0.2, -0.15) is 0 Å². The largest absolute Gasteiger partial charge is 0.326 e. The third kappa shape index (κ3) is 4.26. The lowest BCUT2D eigenvalue weighted by Gasteiger charge is -2.06. The summed E-state index contributed by atoms with van der Waals surface area (Å²) < 4.78 is 26.4. The number of H-pyrrole nitrogens is 1. The average molecular weight is 374 g/mol. The van der Waals surface area contributed by atoms with E-state index in [2.05, 4.69) is 10.3 Å². The molecule has 2 aromatic heterocycles. The molecular formula is C20H20F2N2OS. The lowest BCUT2D eigenvalue weighted by atomic mass is 10.1. The van der Waals surface area contributed by atoms with Gasteiger partial charge in [-0.3, -0.25) is 4.79 Å². The maximum atomic E-state index is 13.2. The Morgan fingerprint density at radius 1 is 1.08 bits per heavy atom. The minimum Gasteiger partial charge on any atom is -0.326 e. The summed E-state index contributed by atoms with van der Waals surface area (Å²) >= 11 is 1.63. The van der Waals surface area contributed by atoms with E-state index in [9.17, 15) is 13.6 Å². The summed E-state index contributed by atoms with van der Waals surface area (Å²) in [5.74, 6) is -1.14. The van der Waals surface area contributed by atoms with Crippen LogP contribution in [0, 0.1) is 18.6 Å². The summed E-state index contributed by atoms with van der Waals surface area (Å²) in [6, 6.07) is 9.52. The van der Waals surface area contributed by atoms with E-state index in [1.54, 1.807) is 11.3 Å². The molecule has 0 saturated carbocycles. The lowest BCUT2D eigenvalue weighted by molar-refractivity contribution is 0.575. The highest BCUT2D eigenvalue weighted by molar-refractivity contribution is 7.15. The van der Waals surface area contributed by atoms with E-state index < -0.39 is 11.6 Å². The van der Waals surface area contributed by atoms with Crippen molar-refractivity contribution in [2.75, 3.05) is 0 Å². The number of aryl methyl sites for hydroxylation is 2. The van der Waals surface area contributed by atoms with Crippen LogP contribution < -0.4 is 10.9 Å². The maximum absolute atomic E-state index is 13.2. The summed E-state index contributed by atoms with van der Waals surface area (Å²) in [6.45, 7) is 4.85. The van der Waals surface area contributed by atoms with Gasteiger partial charge in [0.25, 0.3) is 5.56 Å². The molecule has 0 aliphatic carbocycles. The fourth-order valence-electron chi connectivity index (χ4n) is 2.85. The monoisotopic (exact) mass is 374 g/mol. The van der Waals surface area contributed by atoms with E-state index >= 15 is 0 Å². The number of hydrogen-bond acceptors (Lipinski definition) is 3. The van der Waals surface area contributed by atoms with Crippen molar-refractivity contribution in [2.45, 2.75) is 33.4 Å². The molecule has 0 amide bonds. The highest BCUT2D eigenvalue weighted by atomic mass is 32.1. The molecule has 0 fully saturated rings. The van der Waals surface area contributed by atoms with Crippen molar-refractivity contribution in [3.8, 4) is 10.4 Å². The second kappa shape index (κ2) is 7.93.